The molecular weight excluding hydrogens is 497 g/mol. The van der Waals surface area contributed by atoms with Crippen LogP contribution < -0.4 is 5.32 Å². The van der Waals surface area contributed by atoms with Gasteiger partial charge in [-0.2, -0.15) is 13.5 Å². The largest absolute Gasteiger partial charge is 0.422 e. The normalized spacial score (nSPS) is 11.4. The van der Waals surface area contributed by atoms with Crippen molar-refractivity contribution in [2.45, 2.75) is 18.4 Å². The summed E-state index contributed by atoms with van der Waals surface area (Å²) in [5, 5.41) is 6.27. The third kappa shape index (κ3) is 4.54. The number of halogens is 3. The Hall–Kier alpha value is -4.19. The zero-order valence-corrected chi connectivity index (χ0v) is 19.8. The summed E-state index contributed by atoms with van der Waals surface area (Å²) >= 11 is 0. The van der Waals surface area contributed by atoms with Crippen molar-refractivity contribution in [3.05, 3.63) is 78.5 Å². The van der Waals surface area contributed by atoms with E-state index in [9.17, 15) is 17.6 Å². The SMILES string of the molecule is CCn1cc(-c2ccncc2)c(-c2c(F)ccc(-c3c(F)cccc3S(=O)(=O)OC(=O)NC)c2F)n1. The zero-order valence-electron chi connectivity index (χ0n) is 19.0. The predicted molar refractivity (Wildman–Crippen MR) is 125 cm³/mol. The molecule has 1 amide bonds. The van der Waals surface area contributed by atoms with Gasteiger partial charge in [-0.25, -0.2) is 18.0 Å². The van der Waals surface area contributed by atoms with E-state index in [-0.39, 0.29) is 5.69 Å². The van der Waals surface area contributed by atoms with Crippen molar-refractivity contribution in [2.24, 2.45) is 0 Å². The Balaban J connectivity index is 1.98. The average molecular weight is 517 g/mol. The molecule has 4 rings (SSSR count). The molecule has 0 fully saturated rings. The van der Waals surface area contributed by atoms with Crippen molar-refractivity contribution in [1.82, 2.24) is 20.1 Å². The summed E-state index contributed by atoms with van der Waals surface area (Å²) in [6.45, 7) is 2.19. The Labute approximate surface area is 204 Å². The minimum absolute atomic E-state index is 0.0674. The van der Waals surface area contributed by atoms with Gasteiger partial charge < -0.3 is 9.50 Å². The number of nitrogens with one attached hydrogen (secondary N) is 1. The molecule has 0 saturated heterocycles. The number of nitrogens with zero attached hydrogens (tertiary/aromatic N) is 3. The first-order chi connectivity index (χ1) is 17.2. The fraction of sp³-hybridized carbons (Fsp3) is 0.125. The second-order valence-corrected chi connectivity index (χ2v) is 8.97. The molecule has 0 saturated carbocycles. The molecule has 0 unspecified atom stereocenters. The Bertz CT molecular complexity index is 1560. The van der Waals surface area contributed by atoms with Crippen molar-refractivity contribution in [3.63, 3.8) is 0 Å². The third-order valence-electron chi connectivity index (χ3n) is 5.31. The van der Waals surface area contributed by atoms with Gasteiger partial charge in [0.2, 0.25) is 0 Å². The lowest BCUT2D eigenvalue weighted by Crippen LogP contribution is -2.23. The van der Waals surface area contributed by atoms with Gasteiger partial charge in [-0.1, -0.05) is 6.07 Å². The molecule has 8 nitrogen and oxygen atoms in total. The lowest BCUT2D eigenvalue weighted by molar-refractivity contribution is 0.205. The molecule has 0 spiro atoms. The van der Waals surface area contributed by atoms with Crippen molar-refractivity contribution in [3.8, 4) is 33.5 Å². The summed E-state index contributed by atoms with van der Waals surface area (Å²) in [7, 11) is -3.74. The van der Waals surface area contributed by atoms with Gasteiger partial charge in [0.15, 0.2) is 0 Å². The maximum atomic E-state index is 16.0. The topological polar surface area (TPSA) is 103 Å². The molecule has 186 valence electrons. The highest BCUT2D eigenvalue weighted by Crippen LogP contribution is 2.40. The molecule has 4 aromatic rings. The molecule has 0 radical (unpaired) electrons. The highest BCUT2D eigenvalue weighted by atomic mass is 32.2. The number of hydrogen-bond acceptors (Lipinski definition) is 6. The minimum atomic E-state index is -4.87. The molecule has 0 bridgehead atoms. The van der Waals surface area contributed by atoms with Crippen LogP contribution in [0.25, 0.3) is 33.5 Å². The molecule has 36 heavy (non-hydrogen) atoms. The Morgan fingerprint density at radius 3 is 2.36 bits per heavy atom. The highest BCUT2D eigenvalue weighted by molar-refractivity contribution is 7.87. The number of hydrogen-bond donors (Lipinski definition) is 1. The first-order valence-corrected chi connectivity index (χ1v) is 12.0. The molecule has 0 atom stereocenters. The lowest BCUT2D eigenvalue weighted by Gasteiger charge is -2.14. The van der Waals surface area contributed by atoms with Gasteiger partial charge in [-0.3, -0.25) is 9.67 Å². The molecule has 0 aliphatic heterocycles. The lowest BCUT2D eigenvalue weighted by atomic mass is 9.96. The number of aromatic nitrogens is 3. The highest BCUT2D eigenvalue weighted by Gasteiger charge is 2.30. The van der Waals surface area contributed by atoms with Crippen LogP contribution in [0, 0.1) is 17.5 Å². The Morgan fingerprint density at radius 1 is 1.00 bits per heavy atom. The smallest absolute Gasteiger partial charge is 0.324 e. The van der Waals surface area contributed by atoms with Gasteiger partial charge >= 0.3 is 16.2 Å². The second kappa shape index (κ2) is 9.82. The monoisotopic (exact) mass is 516 g/mol. The molecular formula is C24H19F3N4O4S. The van der Waals surface area contributed by atoms with Gasteiger partial charge in [-0.15, -0.1) is 0 Å². The fourth-order valence-electron chi connectivity index (χ4n) is 3.63. The quantitative estimate of drug-likeness (QED) is 0.371. The first-order valence-electron chi connectivity index (χ1n) is 10.6. The van der Waals surface area contributed by atoms with Crippen molar-refractivity contribution in [1.29, 1.82) is 0 Å². The summed E-state index contributed by atoms with van der Waals surface area (Å²) in [6.07, 6.45) is 3.30. The number of aryl methyl sites for hydroxylation is 1. The molecule has 2 heterocycles. The van der Waals surface area contributed by atoms with Gasteiger partial charge in [0.05, 0.1) is 5.56 Å². The zero-order chi connectivity index (χ0) is 26.0. The molecule has 1 N–H and O–H groups in total. The fourth-order valence-corrected chi connectivity index (χ4v) is 4.71. The number of carbonyl (C=O) groups is 1. The molecule has 0 aliphatic carbocycles. The molecule has 2 aromatic heterocycles. The summed E-state index contributed by atoms with van der Waals surface area (Å²) in [6, 6.07) is 7.99. The maximum absolute atomic E-state index is 16.0. The number of pyridine rings is 1. The molecule has 0 aliphatic rings. The Morgan fingerprint density at radius 2 is 1.69 bits per heavy atom. The number of carbonyl (C=O) groups excluding carboxylic acids is 1. The van der Waals surface area contributed by atoms with Crippen LogP contribution in [-0.2, 0) is 20.8 Å². The van der Waals surface area contributed by atoms with Crippen LogP contribution >= 0.6 is 0 Å². The standard InChI is InChI=1S/C24H19F3N4O4S/c1-3-31-13-16(14-9-11-29-12-10-14)23(30-31)21-18(26)8-7-15(22(21)27)20-17(25)5-4-6-19(20)36(33,34)35-24(32)28-2/h4-13H,3H2,1-2H3,(H,28,32). The van der Waals surface area contributed by atoms with Crippen LogP contribution in [0.15, 0.2) is 66.0 Å². The van der Waals surface area contributed by atoms with Crippen molar-refractivity contribution in [2.75, 3.05) is 7.05 Å². The Kier molecular flexibility index (Phi) is 6.80. The van der Waals surface area contributed by atoms with E-state index in [1.165, 1.54) is 17.1 Å². The van der Waals surface area contributed by atoms with E-state index >= 15 is 8.78 Å². The van der Waals surface area contributed by atoms with Gasteiger partial charge in [-0.05, 0) is 48.9 Å². The van der Waals surface area contributed by atoms with Crippen molar-refractivity contribution >= 4 is 16.2 Å². The van der Waals surface area contributed by atoms with E-state index in [4.69, 9.17) is 0 Å². The van der Waals surface area contributed by atoms with E-state index in [1.807, 2.05) is 5.32 Å². The maximum Gasteiger partial charge on any atom is 0.422 e. The van der Waals surface area contributed by atoms with Crippen LogP contribution in [-0.4, -0.2) is 36.3 Å². The van der Waals surface area contributed by atoms with Crippen LogP contribution in [0.3, 0.4) is 0 Å². The van der Waals surface area contributed by atoms with E-state index in [0.29, 0.717) is 17.7 Å². The number of amides is 1. The second-order valence-electron chi connectivity index (χ2n) is 7.45. The minimum Gasteiger partial charge on any atom is -0.324 e. The van der Waals surface area contributed by atoms with E-state index < -0.39 is 55.2 Å². The van der Waals surface area contributed by atoms with Crippen LogP contribution in [0.4, 0.5) is 18.0 Å². The average Bonchev–Trinajstić information content (AvgIpc) is 3.29. The van der Waals surface area contributed by atoms with Gasteiger partial charge in [0, 0.05) is 48.9 Å². The summed E-state index contributed by atoms with van der Waals surface area (Å²) < 4.78 is 77.4. The van der Waals surface area contributed by atoms with Crippen LogP contribution in [0.5, 0.6) is 0 Å². The van der Waals surface area contributed by atoms with Crippen LogP contribution in [0.2, 0.25) is 0 Å². The first kappa shape index (κ1) is 24.9. The van der Waals surface area contributed by atoms with Gasteiger partial charge in [0.1, 0.15) is 28.0 Å². The molecule has 12 heteroatoms. The number of rotatable bonds is 6. The van der Waals surface area contributed by atoms with E-state index in [0.717, 1.165) is 37.4 Å². The summed E-state index contributed by atoms with van der Waals surface area (Å²) in [5.74, 6) is -3.36. The van der Waals surface area contributed by atoms with E-state index in [2.05, 4.69) is 14.3 Å². The van der Waals surface area contributed by atoms with Gasteiger partial charge in [0.25, 0.3) is 0 Å². The number of benzene rings is 2. The summed E-state index contributed by atoms with van der Waals surface area (Å²) in [4.78, 5) is 14.7. The summed E-state index contributed by atoms with van der Waals surface area (Å²) in [5.41, 5.74) is -0.959. The molecule has 2 aromatic carbocycles. The van der Waals surface area contributed by atoms with Crippen molar-refractivity contribution < 1.29 is 30.6 Å². The predicted octanol–water partition coefficient (Wildman–Crippen LogP) is 4.76. The van der Waals surface area contributed by atoms with Crippen LogP contribution in [0.1, 0.15) is 6.92 Å². The third-order valence-corrected chi connectivity index (χ3v) is 6.56. The van der Waals surface area contributed by atoms with E-state index in [1.54, 1.807) is 25.3 Å².